The molecule has 0 atom stereocenters. The molecule has 0 fully saturated rings. The molecule has 4 heteroatoms. The monoisotopic (exact) mass is 256 g/mol. The Morgan fingerprint density at radius 1 is 1.37 bits per heavy atom. The lowest BCUT2D eigenvalue weighted by atomic mass is 10.1. The van der Waals surface area contributed by atoms with E-state index in [1.807, 2.05) is 31.3 Å². The van der Waals surface area contributed by atoms with E-state index in [1.165, 1.54) is 12.7 Å². The molecule has 0 spiro atoms. The van der Waals surface area contributed by atoms with Crippen LogP contribution >= 0.6 is 0 Å². The largest absolute Gasteiger partial charge is 0.465 e. The van der Waals surface area contributed by atoms with Gasteiger partial charge in [-0.2, -0.15) is 0 Å². The summed E-state index contributed by atoms with van der Waals surface area (Å²) < 4.78 is 4.70. The van der Waals surface area contributed by atoms with E-state index in [9.17, 15) is 4.79 Å². The fourth-order valence-electron chi connectivity index (χ4n) is 1.75. The van der Waals surface area contributed by atoms with Crippen molar-refractivity contribution in [3.8, 4) is 0 Å². The molecule has 1 aromatic heterocycles. The lowest BCUT2D eigenvalue weighted by Gasteiger charge is -2.09. The van der Waals surface area contributed by atoms with Crippen molar-refractivity contribution < 1.29 is 9.53 Å². The van der Waals surface area contributed by atoms with Crippen molar-refractivity contribution in [1.29, 1.82) is 0 Å². The Kier molecular flexibility index (Phi) is 4.13. The third-order valence-electron chi connectivity index (χ3n) is 2.91. The van der Waals surface area contributed by atoms with Crippen molar-refractivity contribution in [2.45, 2.75) is 13.5 Å². The second-order valence-corrected chi connectivity index (χ2v) is 4.23. The first-order valence-electron chi connectivity index (χ1n) is 6.02. The second-order valence-electron chi connectivity index (χ2n) is 4.23. The lowest BCUT2D eigenvalue weighted by molar-refractivity contribution is 0.0601. The number of carbonyl (C=O) groups excluding carboxylic acids is 1. The van der Waals surface area contributed by atoms with Crippen molar-refractivity contribution >= 4 is 11.7 Å². The molecule has 0 saturated heterocycles. The van der Waals surface area contributed by atoms with Gasteiger partial charge < -0.3 is 10.1 Å². The molecule has 19 heavy (non-hydrogen) atoms. The first kappa shape index (κ1) is 13.1. The Bertz CT molecular complexity index is 582. The van der Waals surface area contributed by atoms with Crippen LogP contribution in [-0.4, -0.2) is 18.1 Å². The van der Waals surface area contributed by atoms with Crippen molar-refractivity contribution in [1.82, 2.24) is 4.98 Å². The second kappa shape index (κ2) is 6.00. The summed E-state index contributed by atoms with van der Waals surface area (Å²) in [6, 6.07) is 9.22. The van der Waals surface area contributed by atoms with Gasteiger partial charge >= 0.3 is 5.97 Å². The summed E-state index contributed by atoms with van der Waals surface area (Å²) in [4.78, 5) is 15.5. The van der Waals surface area contributed by atoms with E-state index < -0.39 is 0 Å². The zero-order chi connectivity index (χ0) is 13.7. The first-order valence-corrected chi connectivity index (χ1v) is 6.02. The fourth-order valence-corrected chi connectivity index (χ4v) is 1.75. The number of methoxy groups -OCH3 is 1. The van der Waals surface area contributed by atoms with Gasteiger partial charge in [0.1, 0.15) is 0 Å². The number of hydrogen-bond donors (Lipinski definition) is 1. The predicted octanol–water partition coefficient (Wildman–Crippen LogP) is 2.79. The van der Waals surface area contributed by atoms with E-state index in [4.69, 9.17) is 4.74 Å². The maximum atomic E-state index is 11.4. The summed E-state index contributed by atoms with van der Waals surface area (Å²) in [5, 5.41) is 3.27. The van der Waals surface area contributed by atoms with Gasteiger partial charge in [0.15, 0.2) is 0 Å². The number of anilines is 1. The van der Waals surface area contributed by atoms with Gasteiger partial charge in [0.2, 0.25) is 0 Å². The molecule has 0 aliphatic carbocycles. The number of benzene rings is 1. The van der Waals surface area contributed by atoms with Crippen molar-refractivity contribution in [2.75, 3.05) is 12.4 Å². The van der Waals surface area contributed by atoms with Crippen LogP contribution in [0, 0.1) is 6.92 Å². The minimum Gasteiger partial charge on any atom is -0.465 e. The average molecular weight is 256 g/mol. The molecule has 0 amide bonds. The Hall–Kier alpha value is -2.36. The Balaban J connectivity index is 2.08. The zero-order valence-corrected chi connectivity index (χ0v) is 11.0. The van der Waals surface area contributed by atoms with Gasteiger partial charge in [-0.05, 0) is 42.3 Å². The number of hydrogen-bond acceptors (Lipinski definition) is 4. The number of ether oxygens (including phenoxy) is 1. The smallest absolute Gasteiger partial charge is 0.337 e. The fraction of sp³-hybridized carbons (Fsp3) is 0.200. The molecule has 1 N–H and O–H groups in total. The highest BCUT2D eigenvalue weighted by atomic mass is 16.5. The van der Waals surface area contributed by atoms with Gasteiger partial charge in [-0.1, -0.05) is 6.07 Å². The van der Waals surface area contributed by atoms with Crippen LogP contribution in [-0.2, 0) is 11.3 Å². The summed E-state index contributed by atoms with van der Waals surface area (Å²) in [6.45, 7) is 2.72. The van der Waals surface area contributed by atoms with E-state index in [2.05, 4.69) is 10.3 Å². The van der Waals surface area contributed by atoms with E-state index in [0.717, 1.165) is 11.3 Å². The number of esters is 1. The molecule has 4 nitrogen and oxygen atoms in total. The van der Waals surface area contributed by atoms with E-state index in [-0.39, 0.29) is 5.97 Å². The molecule has 1 aromatic carbocycles. The molecular weight excluding hydrogens is 240 g/mol. The Morgan fingerprint density at radius 3 is 2.95 bits per heavy atom. The van der Waals surface area contributed by atoms with E-state index >= 15 is 0 Å². The molecule has 2 aromatic rings. The van der Waals surface area contributed by atoms with Crippen LogP contribution in [0.4, 0.5) is 5.69 Å². The number of pyridine rings is 1. The molecule has 0 unspecified atom stereocenters. The van der Waals surface area contributed by atoms with Crippen LogP contribution < -0.4 is 5.32 Å². The summed E-state index contributed by atoms with van der Waals surface area (Å²) >= 11 is 0. The van der Waals surface area contributed by atoms with Crippen LogP contribution in [0.15, 0.2) is 42.7 Å². The van der Waals surface area contributed by atoms with Gasteiger partial charge in [-0.15, -0.1) is 0 Å². The molecule has 0 aliphatic heterocycles. The number of aryl methyl sites for hydroxylation is 1. The molecule has 0 bridgehead atoms. The minimum absolute atomic E-state index is 0.332. The summed E-state index contributed by atoms with van der Waals surface area (Å²) in [5.41, 5.74) is 3.74. The van der Waals surface area contributed by atoms with Crippen LogP contribution in [0.3, 0.4) is 0 Å². The molecule has 1 heterocycles. The third kappa shape index (κ3) is 3.31. The summed E-state index contributed by atoms with van der Waals surface area (Å²) in [5.74, 6) is -0.332. The molecule has 2 rings (SSSR count). The maximum Gasteiger partial charge on any atom is 0.337 e. The summed E-state index contributed by atoms with van der Waals surface area (Å²) in [7, 11) is 1.38. The van der Waals surface area contributed by atoms with Gasteiger partial charge in [0, 0.05) is 24.6 Å². The lowest BCUT2D eigenvalue weighted by Crippen LogP contribution is -2.04. The number of nitrogens with one attached hydrogen (secondary N) is 1. The van der Waals surface area contributed by atoms with Gasteiger partial charge in [-0.3, -0.25) is 4.98 Å². The number of carbonyl (C=O) groups is 1. The van der Waals surface area contributed by atoms with E-state index in [1.54, 1.807) is 18.3 Å². The first-order chi connectivity index (χ1) is 9.20. The number of rotatable bonds is 4. The molecule has 98 valence electrons. The highest BCUT2D eigenvalue weighted by Crippen LogP contribution is 2.14. The number of nitrogens with zero attached hydrogens (tertiary/aromatic N) is 1. The van der Waals surface area contributed by atoms with Gasteiger partial charge in [0.05, 0.1) is 12.7 Å². The highest BCUT2D eigenvalue weighted by Gasteiger charge is 2.05. The van der Waals surface area contributed by atoms with Crippen molar-refractivity contribution in [3.63, 3.8) is 0 Å². The zero-order valence-electron chi connectivity index (χ0n) is 11.0. The van der Waals surface area contributed by atoms with Crippen LogP contribution in [0.2, 0.25) is 0 Å². The minimum atomic E-state index is -0.332. The molecule has 0 radical (unpaired) electrons. The van der Waals surface area contributed by atoms with Gasteiger partial charge in [0.25, 0.3) is 0 Å². The SMILES string of the molecule is COC(=O)c1cccc(NCc2cnccc2C)c1. The Morgan fingerprint density at radius 2 is 2.21 bits per heavy atom. The molecular formula is C15H16N2O2. The highest BCUT2D eigenvalue weighted by molar-refractivity contribution is 5.90. The van der Waals surface area contributed by atoms with Crippen molar-refractivity contribution in [2.24, 2.45) is 0 Å². The summed E-state index contributed by atoms with van der Waals surface area (Å²) in [6.07, 6.45) is 3.61. The normalized spacial score (nSPS) is 10.0. The van der Waals surface area contributed by atoms with Gasteiger partial charge in [-0.25, -0.2) is 4.79 Å². The topological polar surface area (TPSA) is 51.2 Å². The maximum absolute atomic E-state index is 11.4. The van der Waals surface area contributed by atoms with Crippen LogP contribution in [0.5, 0.6) is 0 Å². The van der Waals surface area contributed by atoms with Crippen molar-refractivity contribution in [3.05, 3.63) is 59.4 Å². The standard InChI is InChI=1S/C15H16N2O2/c1-11-6-7-16-9-13(11)10-17-14-5-3-4-12(8-14)15(18)19-2/h3-9,17H,10H2,1-2H3. The molecule has 0 aliphatic rings. The Labute approximate surface area is 112 Å². The third-order valence-corrected chi connectivity index (χ3v) is 2.91. The average Bonchev–Trinajstić information content (AvgIpc) is 2.46. The molecule has 0 saturated carbocycles. The quantitative estimate of drug-likeness (QED) is 0.855. The van der Waals surface area contributed by atoms with Crippen LogP contribution in [0.1, 0.15) is 21.5 Å². The van der Waals surface area contributed by atoms with Crippen LogP contribution in [0.25, 0.3) is 0 Å². The predicted molar refractivity (Wildman–Crippen MR) is 74.1 cm³/mol. The number of aromatic nitrogens is 1. The van der Waals surface area contributed by atoms with E-state index in [0.29, 0.717) is 12.1 Å².